The number of allylic oxidation sites excluding steroid dienone is 1. The fourth-order valence-corrected chi connectivity index (χ4v) is 6.17. The summed E-state index contributed by atoms with van der Waals surface area (Å²) in [6, 6.07) is 6.48. The highest BCUT2D eigenvalue weighted by Gasteiger charge is 2.32. The number of ketones is 1. The van der Waals surface area contributed by atoms with Gasteiger partial charge in [-0.2, -0.15) is 8.42 Å². The van der Waals surface area contributed by atoms with E-state index in [2.05, 4.69) is 11.3 Å². The number of benzene rings is 1. The van der Waals surface area contributed by atoms with Gasteiger partial charge in [0.25, 0.3) is 0 Å². The lowest BCUT2D eigenvalue weighted by molar-refractivity contribution is -0.128. The number of Topliss-reactive ketones (excluding diaryl/α,β-unsaturated/α-hetero) is 1. The lowest BCUT2D eigenvalue weighted by atomic mass is 9.96. The second kappa shape index (κ2) is 13.0. The van der Waals surface area contributed by atoms with E-state index in [1.807, 2.05) is 4.90 Å². The van der Waals surface area contributed by atoms with Crippen molar-refractivity contribution in [3.05, 3.63) is 65.1 Å². The molecule has 220 valence electrons. The van der Waals surface area contributed by atoms with Crippen molar-refractivity contribution in [3.8, 4) is 0 Å². The summed E-state index contributed by atoms with van der Waals surface area (Å²) in [6.45, 7) is 5.23. The summed E-state index contributed by atoms with van der Waals surface area (Å²) in [4.78, 5) is 46.4. The number of piperidine rings is 1. The second-order valence-corrected chi connectivity index (χ2v) is 12.2. The number of nitrogens with zero attached hydrogens (tertiary/aromatic N) is 4. The van der Waals surface area contributed by atoms with Crippen LogP contribution in [0.5, 0.6) is 0 Å². The number of rotatable bonds is 11. The van der Waals surface area contributed by atoms with E-state index in [1.54, 1.807) is 17.0 Å². The van der Waals surface area contributed by atoms with E-state index in [4.69, 9.17) is 16.6 Å². The normalized spacial score (nSPS) is 16.1. The van der Waals surface area contributed by atoms with Crippen LogP contribution in [0.2, 0.25) is 5.02 Å². The highest BCUT2D eigenvalue weighted by molar-refractivity contribution is 7.91. The van der Waals surface area contributed by atoms with Gasteiger partial charge in [0.1, 0.15) is 11.6 Å². The number of nitrogens with one attached hydrogen (secondary N) is 1. The smallest absolute Gasteiger partial charge is 0.325 e. The molecule has 2 saturated heterocycles. The molecular formula is C28H33ClFN5O5S. The number of carbonyl (C=O) groups excluding carboxylic acids is 3. The summed E-state index contributed by atoms with van der Waals surface area (Å²) in [7, 11) is -2.92. The van der Waals surface area contributed by atoms with Crippen molar-refractivity contribution in [2.45, 2.75) is 45.1 Å². The maximum atomic E-state index is 13.2. The SMILES string of the molecule is C=CCCC(=O)c1cc(Cl)c(N2CCC(C(=O)NS(=O)(=O)N(C)c3ccc(F)cc3)CC2)nc1CN1CCCC1=O. The Bertz CT molecular complexity index is 1430. The minimum Gasteiger partial charge on any atom is -0.355 e. The summed E-state index contributed by atoms with van der Waals surface area (Å²) in [5, 5.41) is 0.287. The molecule has 0 aliphatic carbocycles. The molecule has 41 heavy (non-hydrogen) atoms. The largest absolute Gasteiger partial charge is 0.355 e. The molecular weight excluding hydrogens is 573 g/mol. The zero-order valence-corrected chi connectivity index (χ0v) is 24.4. The molecule has 13 heteroatoms. The van der Waals surface area contributed by atoms with Crippen LogP contribution in [0.4, 0.5) is 15.9 Å². The van der Waals surface area contributed by atoms with Gasteiger partial charge in [0.2, 0.25) is 11.8 Å². The number of hydrogen-bond acceptors (Lipinski definition) is 7. The molecule has 2 amide bonds. The average Bonchev–Trinajstić information content (AvgIpc) is 3.36. The fraction of sp³-hybridized carbons (Fsp3) is 0.429. The van der Waals surface area contributed by atoms with Gasteiger partial charge in [0, 0.05) is 51.0 Å². The van der Waals surface area contributed by atoms with Gasteiger partial charge >= 0.3 is 10.2 Å². The predicted octanol–water partition coefficient (Wildman–Crippen LogP) is 3.86. The van der Waals surface area contributed by atoms with E-state index in [1.165, 1.54) is 19.2 Å². The Morgan fingerprint density at radius 3 is 2.51 bits per heavy atom. The van der Waals surface area contributed by atoms with Gasteiger partial charge in [0.15, 0.2) is 5.78 Å². The van der Waals surface area contributed by atoms with Gasteiger partial charge in [-0.25, -0.2) is 14.1 Å². The third-order valence-electron chi connectivity index (χ3n) is 7.37. The molecule has 1 aromatic heterocycles. The van der Waals surface area contributed by atoms with Crippen LogP contribution < -0.4 is 13.9 Å². The Hall–Kier alpha value is -3.51. The van der Waals surface area contributed by atoms with E-state index in [0.717, 1.165) is 22.9 Å². The van der Waals surface area contributed by atoms with Gasteiger partial charge < -0.3 is 9.80 Å². The zero-order valence-electron chi connectivity index (χ0n) is 22.8. The number of carbonyl (C=O) groups is 3. The van der Waals surface area contributed by atoms with Crippen LogP contribution in [0.25, 0.3) is 0 Å². The van der Waals surface area contributed by atoms with Crippen LogP contribution in [-0.2, 0) is 26.3 Å². The van der Waals surface area contributed by atoms with E-state index >= 15 is 0 Å². The van der Waals surface area contributed by atoms with Crippen molar-refractivity contribution < 1.29 is 27.2 Å². The van der Waals surface area contributed by atoms with E-state index in [9.17, 15) is 27.2 Å². The zero-order chi connectivity index (χ0) is 29.7. The molecule has 2 fully saturated rings. The summed E-state index contributed by atoms with van der Waals surface area (Å²) >= 11 is 6.60. The van der Waals surface area contributed by atoms with Gasteiger partial charge in [0.05, 0.1) is 22.9 Å². The van der Waals surface area contributed by atoms with Crippen LogP contribution in [0.1, 0.15) is 54.6 Å². The molecule has 0 spiro atoms. The molecule has 1 N–H and O–H groups in total. The van der Waals surface area contributed by atoms with Crippen LogP contribution >= 0.6 is 11.6 Å². The average molecular weight is 606 g/mol. The van der Waals surface area contributed by atoms with Crippen molar-refractivity contribution in [1.29, 1.82) is 0 Å². The van der Waals surface area contributed by atoms with Crippen LogP contribution in [-0.4, -0.2) is 62.6 Å². The van der Waals surface area contributed by atoms with Crippen LogP contribution in [0.15, 0.2) is 43.0 Å². The van der Waals surface area contributed by atoms with Crippen molar-refractivity contribution in [2.75, 3.05) is 35.9 Å². The van der Waals surface area contributed by atoms with Crippen LogP contribution in [0.3, 0.4) is 0 Å². The van der Waals surface area contributed by atoms with Crippen molar-refractivity contribution in [1.82, 2.24) is 14.6 Å². The van der Waals surface area contributed by atoms with Crippen molar-refractivity contribution >= 4 is 50.9 Å². The quantitative estimate of drug-likeness (QED) is 0.305. The number of aromatic nitrogens is 1. The summed E-state index contributed by atoms with van der Waals surface area (Å²) in [5.41, 5.74) is 1.06. The fourth-order valence-electron chi connectivity index (χ4n) is 4.94. The molecule has 2 aliphatic rings. The maximum Gasteiger partial charge on any atom is 0.325 e. The third-order valence-corrected chi connectivity index (χ3v) is 9.04. The van der Waals surface area contributed by atoms with Crippen LogP contribution in [0, 0.1) is 11.7 Å². The first-order valence-electron chi connectivity index (χ1n) is 13.4. The highest BCUT2D eigenvalue weighted by Crippen LogP contribution is 2.32. The molecule has 0 atom stereocenters. The predicted molar refractivity (Wildman–Crippen MR) is 154 cm³/mol. The molecule has 0 bridgehead atoms. The van der Waals surface area contributed by atoms with Gasteiger partial charge in [-0.05, 0) is 56.0 Å². The molecule has 1 aromatic carbocycles. The first-order chi connectivity index (χ1) is 19.5. The molecule has 3 heterocycles. The van der Waals surface area contributed by atoms with E-state index in [-0.39, 0.29) is 35.4 Å². The highest BCUT2D eigenvalue weighted by atomic mass is 35.5. The Balaban J connectivity index is 1.45. The Labute approximate surface area is 244 Å². The molecule has 2 aromatic rings. The lowest BCUT2D eigenvalue weighted by Gasteiger charge is -2.33. The minimum atomic E-state index is -4.19. The molecule has 0 unspecified atom stereocenters. The Morgan fingerprint density at radius 2 is 1.90 bits per heavy atom. The third kappa shape index (κ3) is 7.23. The topological polar surface area (TPSA) is 120 Å². The molecule has 0 saturated carbocycles. The molecule has 2 aliphatic heterocycles. The van der Waals surface area contributed by atoms with Gasteiger partial charge in [-0.15, -0.1) is 6.58 Å². The number of halogens is 2. The number of anilines is 2. The number of likely N-dealkylation sites (tertiary alicyclic amines) is 1. The number of amides is 2. The number of pyridine rings is 1. The first kappa shape index (κ1) is 30.4. The minimum absolute atomic E-state index is 0.0136. The molecule has 10 nitrogen and oxygen atoms in total. The Morgan fingerprint density at radius 1 is 1.22 bits per heavy atom. The summed E-state index contributed by atoms with van der Waals surface area (Å²) in [5.74, 6) is -1.36. The first-order valence-corrected chi connectivity index (χ1v) is 15.2. The summed E-state index contributed by atoms with van der Waals surface area (Å²) < 4.78 is 41.7. The van der Waals surface area contributed by atoms with Crippen molar-refractivity contribution in [3.63, 3.8) is 0 Å². The monoisotopic (exact) mass is 605 g/mol. The lowest BCUT2D eigenvalue weighted by Crippen LogP contribution is -2.47. The Kier molecular flexibility index (Phi) is 9.64. The number of hydrogen-bond donors (Lipinski definition) is 1. The van der Waals surface area contributed by atoms with Gasteiger partial charge in [-0.3, -0.25) is 18.7 Å². The molecule has 4 rings (SSSR count). The standard InChI is InChI=1S/C28H33ClFN5O5S/c1-3-4-6-25(36)22-17-23(29)27(31-24(22)18-35-14-5-7-26(35)37)34-15-12-19(13-16-34)28(38)32-41(39,40)33(2)21-10-8-20(30)9-11-21/h3,8-11,17,19H,1,4-7,12-16,18H2,2H3,(H,32,38). The summed E-state index contributed by atoms with van der Waals surface area (Å²) in [6.07, 6.45) is 4.33. The van der Waals surface area contributed by atoms with E-state index in [0.29, 0.717) is 62.4 Å². The second-order valence-electron chi connectivity index (χ2n) is 10.1. The van der Waals surface area contributed by atoms with E-state index < -0.39 is 27.9 Å². The van der Waals surface area contributed by atoms with Crippen molar-refractivity contribution in [2.24, 2.45) is 5.92 Å². The van der Waals surface area contributed by atoms with Gasteiger partial charge in [-0.1, -0.05) is 17.7 Å². The molecule has 0 radical (unpaired) electrons. The maximum absolute atomic E-state index is 13.2.